The van der Waals surface area contributed by atoms with E-state index >= 15 is 0 Å². The first-order valence-corrected chi connectivity index (χ1v) is 14.0. The van der Waals surface area contributed by atoms with Crippen molar-refractivity contribution < 1.29 is 8.78 Å². The normalized spacial score (nSPS) is 15.4. The summed E-state index contributed by atoms with van der Waals surface area (Å²) in [6, 6.07) is 5.53. The minimum absolute atomic E-state index is 0.0174. The van der Waals surface area contributed by atoms with Crippen LogP contribution in [0, 0.1) is 11.6 Å². The summed E-state index contributed by atoms with van der Waals surface area (Å²) in [5.41, 5.74) is 15.4. The van der Waals surface area contributed by atoms with Crippen LogP contribution in [0.5, 0.6) is 0 Å². The molecule has 2 aromatic heterocycles. The average molecular weight is 529 g/mol. The molecule has 4 rings (SSSR count). The van der Waals surface area contributed by atoms with Crippen LogP contribution in [-0.4, -0.2) is 26.0 Å². The monoisotopic (exact) mass is 528 g/mol. The SMILES string of the molecule is CC.CCC.CSCn1cc(-c2nccc(C3CCCC(/C=C(\N)c4c(F)cccc4F)=C3N)n2)cn1. The first kappa shape index (κ1) is 30.0. The van der Waals surface area contributed by atoms with E-state index in [4.69, 9.17) is 16.5 Å². The zero-order valence-electron chi connectivity index (χ0n) is 22.3. The predicted octanol–water partition coefficient (Wildman–Crippen LogP) is 6.86. The van der Waals surface area contributed by atoms with Crippen molar-refractivity contribution in [3.8, 4) is 11.4 Å². The fourth-order valence-electron chi connectivity index (χ4n) is 3.90. The fourth-order valence-corrected chi connectivity index (χ4v) is 4.31. The zero-order valence-corrected chi connectivity index (χ0v) is 23.2. The third kappa shape index (κ3) is 7.89. The summed E-state index contributed by atoms with van der Waals surface area (Å²) in [7, 11) is 0. The van der Waals surface area contributed by atoms with Crippen LogP contribution in [0.1, 0.15) is 70.6 Å². The van der Waals surface area contributed by atoms with Gasteiger partial charge in [0.15, 0.2) is 5.82 Å². The number of allylic oxidation sites excluding steroid dienone is 3. The molecule has 0 saturated heterocycles. The van der Waals surface area contributed by atoms with Gasteiger partial charge in [0, 0.05) is 29.7 Å². The van der Waals surface area contributed by atoms with Crippen molar-refractivity contribution in [2.75, 3.05) is 6.26 Å². The molecule has 9 heteroatoms. The molecule has 1 aliphatic rings. The minimum atomic E-state index is -0.701. The molecule has 0 amide bonds. The van der Waals surface area contributed by atoms with E-state index in [-0.39, 0.29) is 17.2 Å². The van der Waals surface area contributed by atoms with E-state index in [0.29, 0.717) is 17.9 Å². The Morgan fingerprint density at radius 3 is 2.51 bits per heavy atom. The summed E-state index contributed by atoms with van der Waals surface area (Å²) < 4.78 is 30.1. The maximum Gasteiger partial charge on any atom is 0.162 e. The van der Waals surface area contributed by atoms with Gasteiger partial charge in [0.25, 0.3) is 0 Å². The first-order valence-electron chi connectivity index (χ1n) is 12.6. The van der Waals surface area contributed by atoms with Crippen LogP contribution >= 0.6 is 11.8 Å². The van der Waals surface area contributed by atoms with Gasteiger partial charge in [-0.15, -0.1) is 11.8 Å². The number of rotatable bonds is 6. The molecule has 2 heterocycles. The predicted molar refractivity (Wildman–Crippen MR) is 150 cm³/mol. The van der Waals surface area contributed by atoms with Gasteiger partial charge in [-0.25, -0.2) is 18.7 Å². The van der Waals surface area contributed by atoms with Crippen LogP contribution in [0.2, 0.25) is 0 Å². The van der Waals surface area contributed by atoms with Crippen molar-refractivity contribution in [3.63, 3.8) is 0 Å². The summed E-state index contributed by atoms with van der Waals surface area (Å²) in [4.78, 5) is 9.12. The van der Waals surface area contributed by atoms with E-state index in [2.05, 4.69) is 23.9 Å². The van der Waals surface area contributed by atoms with E-state index in [0.717, 1.165) is 35.5 Å². The Bertz CT molecular complexity index is 1180. The Morgan fingerprint density at radius 1 is 1.19 bits per heavy atom. The standard InChI is InChI=1S/C23H24F2N6S.C3H8.C2H6/c1-32-13-31-12-15(11-29-31)23-28-9-8-20(30-23)16-5-2-4-14(22(16)27)10-19(26)21-17(24)6-3-7-18(21)25;1-3-2;1-2/h3,6-12,16H,2,4-5,13,26-27H2,1H3;3H2,1-2H3;1-2H3/b19-10-;;. The molecular formula is C28H38F2N6S. The van der Waals surface area contributed by atoms with Gasteiger partial charge in [-0.1, -0.05) is 40.2 Å². The molecular weight excluding hydrogens is 490 g/mol. The van der Waals surface area contributed by atoms with Crippen molar-refractivity contribution in [1.29, 1.82) is 0 Å². The molecule has 1 unspecified atom stereocenters. The Morgan fingerprint density at radius 2 is 1.86 bits per heavy atom. The van der Waals surface area contributed by atoms with Crippen molar-refractivity contribution in [2.24, 2.45) is 11.5 Å². The smallest absolute Gasteiger partial charge is 0.162 e. The Kier molecular flexibility index (Phi) is 12.3. The lowest BCUT2D eigenvalue weighted by molar-refractivity contribution is 0.576. The third-order valence-electron chi connectivity index (χ3n) is 5.45. The minimum Gasteiger partial charge on any atom is -0.401 e. The summed E-state index contributed by atoms with van der Waals surface area (Å²) in [5, 5.41) is 4.33. The first-order chi connectivity index (χ1) is 17.9. The van der Waals surface area contributed by atoms with Gasteiger partial charge in [0.05, 0.1) is 28.9 Å². The molecule has 0 fully saturated rings. The van der Waals surface area contributed by atoms with Crippen molar-refractivity contribution in [3.05, 3.63) is 83.1 Å². The highest BCUT2D eigenvalue weighted by Gasteiger charge is 2.24. The maximum absolute atomic E-state index is 14.1. The van der Waals surface area contributed by atoms with Gasteiger partial charge >= 0.3 is 0 Å². The molecule has 0 radical (unpaired) electrons. The molecule has 1 aromatic carbocycles. The fraction of sp³-hybridized carbons (Fsp3) is 0.393. The highest BCUT2D eigenvalue weighted by atomic mass is 32.2. The summed E-state index contributed by atoms with van der Waals surface area (Å²) >= 11 is 1.67. The number of hydrogen-bond acceptors (Lipinski definition) is 6. The summed E-state index contributed by atoms with van der Waals surface area (Å²) in [5.74, 6) is -0.201. The number of thioether (sulfide) groups is 1. The highest BCUT2D eigenvalue weighted by molar-refractivity contribution is 7.97. The van der Waals surface area contributed by atoms with Crippen LogP contribution in [0.25, 0.3) is 17.1 Å². The van der Waals surface area contributed by atoms with Crippen LogP contribution in [0.3, 0.4) is 0 Å². The van der Waals surface area contributed by atoms with Gasteiger partial charge in [-0.05, 0) is 55.4 Å². The van der Waals surface area contributed by atoms with Gasteiger partial charge < -0.3 is 11.5 Å². The molecule has 0 aliphatic heterocycles. The van der Waals surface area contributed by atoms with Crippen LogP contribution < -0.4 is 11.5 Å². The molecule has 0 bridgehead atoms. The second-order valence-electron chi connectivity index (χ2n) is 8.32. The average Bonchev–Trinajstić information content (AvgIpc) is 3.36. The van der Waals surface area contributed by atoms with E-state index in [9.17, 15) is 8.78 Å². The van der Waals surface area contributed by atoms with Crippen LogP contribution in [0.15, 0.2) is 60.2 Å². The van der Waals surface area contributed by atoms with Crippen LogP contribution in [-0.2, 0) is 5.88 Å². The second kappa shape index (κ2) is 15.1. The summed E-state index contributed by atoms with van der Waals surface area (Å²) in [6.45, 7) is 8.25. The van der Waals surface area contributed by atoms with Gasteiger partial charge in [0.2, 0.25) is 0 Å². The summed E-state index contributed by atoms with van der Waals surface area (Å²) in [6.07, 6.45) is 12.6. The van der Waals surface area contributed by atoms with E-state index in [1.54, 1.807) is 30.2 Å². The van der Waals surface area contributed by atoms with Gasteiger partial charge in [-0.2, -0.15) is 5.10 Å². The highest BCUT2D eigenvalue weighted by Crippen LogP contribution is 2.36. The number of nitrogens with zero attached hydrogens (tertiary/aromatic N) is 4. The molecule has 1 atom stereocenters. The molecule has 37 heavy (non-hydrogen) atoms. The number of halogens is 2. The van der Waals surface area contributed by atoms with Crippen molar-refractivity contribution in [2.45, 2.75) is 65.2 Å². The molecule has 4 N–H and O–H groups in total. The van der Waals surface area contributed by atoms with Gasteiger partial charge in [-0.3, -0.25) is 4.68 Å². The second-order valence-corrected chi connectivity index (χ2v) is 9.16. The lowest BCUT2D eigenvalue weighted by Crippen LogP contribution is -2.19. The Balaban J connectivity index is 0.000000898. The topological polar surface area (TPSA) is 95.6 Å². The quantitative estimate of drug-likeness (QED) is 0.363. The number of hydrogen-bond donors (Lipinski definition) is 2. The Hall–Kier alpha value is -3.20. The maximum atomic E-state index is 14.1. The zero-order chi connectivity index (χ0) is 27.4. The number of nitrogens with two attached hydrogens (primary N) is 2. The molecule has 200 valence electrons. The number of benzene rings is 1. The van der Waals surface area contributed by atoms with E-state index < -0.39 is 11.6 Å². The number of aromatic nitrogens is 4. The van der Waals surface area contributed by atoms with Gasteiger partial charge in [0.1, 0.15) is 11.6 Å². The third-order valence-corrected chi connectivity index (χ3v) is 5.98. The lowest BCUT2D eigenvalue weighted by Gasteiger charge is -2.25. The molecule has 0 spiro atoms. The molecule has 0 saturated carbocycles. The Labute approximate surface area is 223 Å². The van der Waals surface area contributed by atoms with Crippen molar-refractivity contribution >= 4 is 17.5 Å². The van der Waals surface area contributed by atoms with Crippen molar-refractivity contribution in [1.82, 2.24) is 19.7 Å². The molecule has 6 nitrogen and oxygen atoms in total. The largest absolute Gasteiger partial charge is 0.401 e. The van der Waals surface area contributed by atoms with E-state index in [1.165, 1.54) is 24.6 Å². The molecule has 1 aliphatic carbocycles. The van der Waals surface area contributed by atoms with Crippen LogP contribution in [0.4, 0.5) is 8.78 Å². The van der Waals surface area contributed by atoms with E-state index in [1.807, 2.05) is 37.0 Å². The molecule has 3 aromatic rings. The lowest BCUT2D eigenvalue weighted by atomic mass is 9.84.